The molecule has 0 spiro atoms. The number of rotatable bonds is 6. The van der Waals surface area contributed by atoms with Crippen LogP contribution >= 0.6 is 0 Å². The average molecular weight is 220 g/mol. The maximum atomic E-state index is 6.21. The van der Waals surface area contributed by atoms with E-state index in [0.29, 0.717) is 0 Å². The van der Waals surface area contributed by atoms with Crippen LogP contribution in [0.2, 0.25) is 0 Å². The Morgan fingerprint density at radius 1 is 1.25 bits per heavy atom. The van der Waals surface area contributed by atoms with E-state index in [9.17, 15) is 0 Å². The van der Waals surface area contributed by atoms with Gasteiger partial charge in [-0.25, -0.2) is 0 Å². The van der Waals surface area contributed by atoms with E-state index in [1.807, 2.05) is 0 Å². The number of benzene rings is 1. The van der Waals surface area contributed by atoms with E-state index < -0.39 is 0 Å². The first-order valence-electron chi connectivity index (χ1n) is 6.14. The van der Waals surface area contributed by atoms with E-state index in [1.165, 1.54) is 17.5 Å². The highest BCUT2D eigenvalue weighted by Crippen LogP contribution is 2.18. The Labute approximate surface area is 99.5 Å². The van der Waals surface area contributed by atoms with Crippen molar-refractivity contribution in [3.63, 3.8) is 0 Å². The van der Waals surface area contributed by atoms with Crippen molar-refractivity contribution in [2.45, 2.75) is 32.7 Å². The Hall–Kier alpha value is -0.860. The Kier molecular flexibility index (Phi) is 5.50. The van der Waals surface area contributed by atoms with Crippen molar-refractivity contribution < 1.29 is 0 Å². The van der Waals surface area contributed by atoms with Crippen molar-refractivity contribution >= 4 is 0 Å². The summed E-state index contributed by atoms with van der Waals surface area (Å²) in [5.74, 6) is 0. The van der Waals surface area contributed by atoms with Crippen molar-refractivity contribution in [3.8, 4) is 0 Å². The second kappa shape index (κ2) is 6.66. The smallest absolute Gasteiger partial charge is 0.0309 e. The standard InChI is InChI=1S/C14H24N2/c1-4-10-16(3)11-9-14(15)13-8-6-5-7-12(13)2/h5-8,14H,4,9-11,15H2,1-3H3. The topological polar surface area (TPSA) is 29.3 Å². The third kappa shape index (κ3) is 3.95. The van der Waals surface area contributed by atoms with Gasteiger partial charge in [-0.1, -0.05) is 31.2 Å². The molecule has 16 heavy (non-hydrogen) atoms. The van der Waals surface area contributed by atoms with Crippen LogP contribution in [-0.2, 0) is 0 Å². The molecule has 0 aliphatic heterocycles. The predicted molar refractivity (Wildman–Crippen MR) is 70.5 cm³/mol. The third-order valence-corrected chi connectivity index (χ3v) is 3.02. The molecule has 2 heteroatoms. The van der Waals surface area contributed by atoms with Crippen LogP contribution in [0.3, 0.4) is 0 Å². The summed E-state index contributed by atoms with van der Waals surface area (Å²) in [5, 5.41) is 0. The molecule has 1 aromatic carbocycles. The minimum Gasteiger partial charge on any atom is -0.324 e. The van der Waals surface area contributed by atoms with Crippen molar-refractivity contribution in [3.05, 3.63) is 35.4 Å². The van der Waals surface area contributed by atoms with Gasteiger partial charge in [-0.05, 0) is 51.0 Å². The van der Waals surface area contributed by atoms with Gasteiger partial charge >= 0.3 is 0 Å². The van der Waals surface area contributed by atoms with E-state index in [0.717, 1.165) is 19.5 Å². The fraction of sp³-hybridized carbons (Fsp3) is 0.571. The molecule has 0 radical (unpaired) electrons. The lowest BCUT2D eigenvalue weighted by Gasteiger charge is -2.19. The Morgan fingerprint density at radius 2 is 1.94 bits per heavy atom. The Balaban J connectivity index is 2.46. The van der Waals surface area contributed by atoms with Crippen LogP contribution in [-0.4, -0.2) is 25.0 Å². The van der Waals surface area contributed by atoms with Crippen molar-refractivity contribution in [1.29, 1.82) is 0 Å². The van der Waals surface area contributed by atoms with Crippen LogP contribution in [0.25, 0.3) is 0 Å². The molecule has 90 valence electrons. The van der Waals surface area contributed by atoms with Gasteiger partial charge in [0.05, 0.1) is 0 Å². The average Bonchev–Trinajstić information content (AvgIpc) is 2.27. The third-order valence-electron chi connectivity index (χ3n) is 3.02. The fourth-order valence-corrected chi connectivity index (χ4v) is 2.01. The zero-order chi connectivity index (χ0) is 12.0. The minimum atomic E-state index is 0.167. The van der Waals surface area contributed by atoms with E-state index in [2.05, 4.69) is 50.1 Å². The molecule has 0 aliphatic carbocycles. The van der Waals surface area contributed by atoms with Crippen LogP contribution in [0.5, 0.6) is 0 Å². The summed E-state index contributed by atoms with van der Waals surface area (Å²) in [4.78, 5) is 2.35. The van der Waals surface area contributed by atoms with Crippen LogP contribution in [0.1, 0.15) is 36.9 Å². The number of nitrogens with two attached hydrogens (primary N) is 1. The van der Waals surface area contributed by atoms with Crippen molar-refractivity contribution in [2.24, 2.45) is 5.73 Å². The molecule has 0 amide bonds. The monoisotopic (exact) mass is 220 g/mol. The molecular weight excluding hydrogens is 196 g/mol. The quantitative estimate of drug-likeness (QED) is 0.798. The number of hydrogen-bond donors (Lipinski definition) is 1. The van der Waals surface area contributed by atoms with Gasteiger partial charge in [0.15, 0.2) is 0 Å². The highest BCUT2D eigenvalue weighted by Gasteiger charge is 2.08. The zero-order valence-electron chi connectivity index (χ0n) is 10.7. The van der Waals surface area contributed by atoms with Crippen LogP contribution < -0.4 is 5.73 Å². The first-order valence-corrected chi connectivity index (χ1v) is 6.14. The summed E-state index contributed by atoms with van der Waals surface area (Å²) >= 11 is 0. The molecule has 0 aliphatic rings. The van der Waals surface area contributed by atoms with Gasteiger partial charge < -0.3 is 10.6 Å². The number of nitrogens with zero attached hydrogens (tertiary/aromatic N) is 1. The van der Waals surface area contributed by atoms with Crippen LogP contribution in [0.4, 0.5) is 0 Å². The van der Waals surface area contributed by atoms with E-state index >= 15 is 0 Å². The number of aryl methyl sites for hydroxylation is 1. The molecule has 1 rings (SSSR count). The van der Waals surface area contributed by atoms with Gasteiger partial charge in [0, 0.05) is 6.04 Å². The summed E-state index contributed by atoms with van der Waals surface area (Å²) in [6, 6.07) is 8.57. The fourth-order valence-electron chi connectivity index (χ4n) is 2.01. The highest BCUT2D eigenvalue weighted by molar-refractivity contribution is 5.28. The largest absolute Gasteiger partial charge is 0.324 e. The molecular formula is C14H24N2. The molecule has 0 bridgehead atoms. The van der Waals surface area contributed by atoms with Crippen molar-refractivity contribution in [2.75, 3.05) is 20.1 Å². The minimum absolute atomic E-state index is 0.167. The lowest BCUT2D eigenvalue weighted by Crippen LogP contribution is -2.24. The molecule has 0 fully saturated rings. The van der Waals surface area contributed by atoms with E-state index in [4.69, 9.17) is 5.73 Å². The Bertz CT molecular complexity index is 309. The van der Waals surface area contributed by atoms with E-state index in [-0.39, 0.29) is 6.04 Å². The van der Waals surface area contributed by atoms with Crippen molar-refractivity contribution in [1.82, 2.24) is 4.90 Å². The summed E-state index contributed by atoms with van der Waals surface area (Å²) < 4.78 is 0. The van der Waals surface area contributed by atoms with Gasteiger partial charge in [0.1, 0.15) is 0 Å². The summed E-state index contributed by atoms with van der Waals surface area (Å²) in [6.45, 7) is 6.56. The molecule has 1 unspecified atom stereocenters. The molecule has 2 N–H and O–H groups in total. The maximum absolute atomic E-state index is 6.21. The first-order chi connectivity index (χ1) is 7.65. The summed E-state index contributed by atoms with van der Waals surface area (Å²) in [6.07, 6.45) is 2.23. The molecule has 2 nitrogen and oxygen atoms in total. The first kappa shape index (κ1) is 13.2. The maximum Gasteiger partial charge on any atom is 0.0309 e. The molecule has 0 heterocycles. The molecule has 0 saturated heterocycles. The lowest BCUT2D eigenvalue weighted by atomic mass is 9.99. The van der Waals surface area contributed by atoms with Gasteiger partial charge in [0.25, 0.3) is 0 Å². The normalized spacial score (nSPS) is 13.1. The molecule has 0 saturated carbocycles. The predicted octanol–water partition coefficient (Wildman–Crippen LogP) is 2.73. The van der Waals surface area contributed by atoms with Gasteiger partial charge in [-0.3, -0.25) is 0 Å². The second-order valence-corrected chi connectivity index (χ2v) is 4.56. The SMILES string of the molecule is CCCN(C)CCC(N)c1ccccc1C. The summed E-state index contributed by atoms with van der Waals surface area (Å²) in [7, 11) is 2.16. The zero-order valence-corrected chi connectivity index (χ0v) is 10.7. The van der Waals surface area contributed by atoms with E-state index in [1.54, 1.807) is 0 Å². The highest BCUT2D eigenvalue weighted by atomic mass is 15.1. The van der Waals surface area contributed by atoms with Crippen LogP contribution in [0, 0.1) is 6.92 Å². The number of hydrogen-bond acceptors (Lipinski definition) is 2. The molecule has 1 aromatic rings. The van der Waals surface area contributed by atoms with Gasteiger partial charge in [0.2, 0.25) is 0 Å². The molecule has 1 atom stereocenters. The second-order valence-electron chi connectivity index (χ2n) is 4.56. The Morgan fingerprint density at radius 3 is 2.56 bits per heavy atom. The van der Waals surface area contributed by atoms with Crippen LogP contribution in [0.15, 0.2) is 24.3 Å². The van der Waals surface area contributed by atoms with Gasteiger partial charge in [-0.2, -0.15) is 0 Å². The van der Waals surface area contributed by atoms with Gasteiger partial charge in [-0.15, -0.1) is 0 Å². The lowest BCUT2D eigenvalue weighted by molar-refractivity contribution is 0.319. The molecule has 0 aromatic heterocycles. The summed E-state index contributed by atoms with van der Waals surface area (Å²) in [5.41, 5.74) is 8.80.